The molecule has 1 heterocycles. The number of rotatable bonds is 17. The molecule has 9 heteroatoms. The number of nitrogens with zero attached hydrogens (tertiary/aromatic N) is 1. The van der Waals surface area contributed by atoms with Crippen molar-refractivity contribution in [1.29, 1.82) is 5.41 Å². The number of halogens is 1. The first-order chi connectivity index (χ1) is 26.6. The van der Waals surface area contributed by atoms with E-state index in [1.165, 1.54) is 38.6 Å². The Bertz CT molecular complexity index is 1680. The summed E-state index contributed by atoms with van der Waals surface area (Å²) in [7, 11) is -0.570. The van der Waals surface area contributed by atoms with Gasteiger partial charge in [-0.1, -0.05) is 108 Å². The number of pyridine rings is 1. The zero-order chi connectivity index (χ0) is 41.5. The summed E-state index contributed by atoms with van der Waals surface area (Å²) in [6.07, 6.45) is 18.9. The Balaban J connectivity index is 0.000000907. The highest BCUT2D eigenvalue weighted by atomic mass is 32.2. The number of unbranched alkanes of at least 4 members (excludes halogenated alkanes) is 3. The van der Waals surface area contributed by atoms with Crippen molar-refractivity contribution < 1.29 is 17.5 Å². The SMILES string of the molecule is C=C/C=C\C.CCC(CCNC(CC)CC)Cc1ccc(S(=O)(=O)c2ccc(OC)cc2)nc1.CCCCCC=N.CN.Cc1ccc(F)c2ccccc12. The smallest absolute Gasteiger partial charge is 0.223 e. The van der Waals surface area contributed by atoms with Gasteiger partial charge in [-0.25, -0.2) is 17.8 Å². The minimum atomic E-state index is -3.62. The molecular formula is C46H69FN4O3S. The minimum Gasteiger partial charge on any atom is -0.497 e. The normalized spacial score (nSPS) is 11.1. The van der Waals surface area contributed by atoms with E-state index in [-0.39, 0.29) is 15.7 Å². The molecule has 0 saturated heterocycles. The fraction of sp³-hybridized carbons (Fsp3) is 0.435. The van der Waals surface area contributed by atoms with Gasteiger partial charge in [0.2, 0.25) is 9.84 Å². The van der Waals surface area contributed by atoms with Crippen molar-refractivity contribution in [2.45, 2.75) is 115 Å². The van der Waals surface area contributed by atoms with Crippen molar-refractivity contribution in [3.63, 3.8) is 0 Å². The second-order valence-corrected chi connectivity index (χ2v) is 14.7. The molecule has 1 aromatic heterocycles. The van der Waals surface area contributed by atoms with Crippen LogP contribution in [0.25, 0.3) is 10.8 Å². The largest absolute Gasteiger partial charge is 0.497 e. The topological polar surface area (TPSA) is 118 Å². The first kappa shape index (κ1) is 50.8. The quantitative estimate of drug-likeness (QED) is 0.0558. The van der Waals surface area contributed by atoms with E-state index in [2.05, 4.69) is 50.3 Å². The fourth-order valence-electron chi connectivity index (χ4n) is 5.46. The highest BCUT2D eigenvalue weighted by Gasteiger charge is 2.19. The second kappa shape index (κ2) is 31.1. The average Bonchev–Trinajstić information content (AvgIpc) is 3.23. The number of fused-ring (bicyclic) bond motifs is 1. The van der Waals surface area contributed by atoms with Gasteiger partial charge in [-0.15, -0.1) is 0 Å². The third kappa shape index (κ3) is 19.8. The summed E-state index contributed by atoms with van der Waals surface area (Å²) >= 11 is 0. The number of ether oxygens (including phenoxy) is 1. The first-order valence-electron chi connectivity index (χ1n) is 19.6. The van der Waals surface area contributed by atoms with Gasteiger partial charge in [-0.3, -0.25) is 0 Å². The van der Waals surface area contributed by atoms with Crippen molar-refractivity contribution in [3.8, 4) is 5.75 Å². The maximum Gasteiger partial charge on any atom is 0.223 e. The zero-order valence-corrected chi connectivity index (χ0v) is 35.6. The molecule has 1 atom stereocenters. The maximum atomic E-state index is 13.2. The number of sulfone groups is 1. The number of benzene rings is 3. The number of allylic oxidation sites excluding steroid dienone is 3. The molecule has 0 saturated carbocycles. The molecule has 4 aromatic rings. The molecule has 55 heavy (non-hydrogen) atoms. The summed E-state index contributed by atoms with van der Waals surface area (Å²) in [6.45, 7) is 17.2. The molecule has 0 aliphatic heterocycles. The number of nitrogens with two attached hydrogens (primary N) is 1. The van der Waals surface area contributed by atoms with Gasteiger partial charge in [0.1, 0.15) is 11.6 Å². The van der Waals surface area contributed by atoms with E-state index in [1.54, 1.807) is 61.8 Å². The highest BCUT2D eigenvalue weighted by Crippen LogP contribution is 2.23. The van der Waals surface area contributed by atoms with Crippen LogP contribution in [0.4, 0.5) is 4.39 Å². The molecule has 0 fully saturated rings. The summed E-state index contributed by atoms with van der Waals surface area (Å²) in [5.41, 5.74) is 6.69. The molecule has 1 unspecified atom stereocenters. The standard InChI is InChI=1S/C23H34N2O3S.C11H9F.C6H13N.C5H8.CH5N/c1-5-18(14-15-24-20(6-2)7-3)16-19-8-13-23(25-17-19)29(26,27)22-11-9-21(28-4)10-12-22;1-8-6-7-11(12)10-5-3-2-4-9(8)10;1-2-3-4-5-6-7;1-3-5-4-2;1-2/h8-13,17-18,20,24H,5-7,14-16H2,1-4H3;2-7H,1H3;6-7H,2-5H2,1H3;3-5H,1H2,2H3;2H2,1H3/b;;;5-4-;. The number of methoxy groups -OCH3 is 1. The van der Waals surface area contributed by atoms with E-state index in [4.69, 9.17) is 10.1 Å². The third-order valence-corrected chi connectivity index (χ3v) is 10.6. The van der Waals surface area contributed by atoms with Crippen LogP contribution >= 0.6 is 0 Å². The van der Waals surface area contributed by atoms with E-state index in [0.29, 0.717) is 23.1 Å². The van der Waals surface area contributed by atoms with Gasteiger partial charge >= 0.3 is 0 Å². The van der Waals surface area contributed by atoms with E-state index in [9.17, 15) is 12.8 Å². The summed E-state index contributed by atoms with van der Waals surface area (Å²) in [5, 5.41) is 12.1. The summed E-state index contributed by atoms with van der Waals surface area (Å²) in [5.74, 6) is 1.04. The van der Waals surface area contributed by atoms with Crippen LogP contribution < -0.4 is 15.8 Å². The molecule has 0 amide bonds. The molecule has 304 valence electrons. The molecule has 0 radical (unpaired) electrons. The van der Waals surface area contributed by atoms with Gasteiger partial charge in [0, 0.05) is 17.6 Å². The molecule has 4 rings (SSSR count). The van der Waals surface area contributed by atoms with E-state index in [1.807, 2.05) is 50.3 Å². The second-order valence-electron chi connectivity index (χ2n) is 12.8. The number of hydrogen-bond donors (Lipinski definition) is 3. The van der Waals surface area contributed by atoms with Crippen LogP contribution in [0.2, 0.25) is 0 Å². The van der Waals surface area contributed by atoms with Crippen LogP contribution in [0.3, 0.4) is 0 Å². The predicted octanol–water partition coefficient (Wildman–Crippen LogP) is 11.5. The van der Waals surface area contributed by atoms with Crippen molar-refractivity contribution in [2.24, 2.45) is 11.7 Å². The lowest BCUT2D eigenvalue weighted by Crippen LogP contribution is -2.29. The minimum absolute atomic E-state index is 0.0786. The molecule has 0 bridgehead atoms. The van der Waals surface area contributed by atoms with Gasteiger partial charge in [0.15, 0.2) is 5.03 Å². The van der Waals surface area contributed by atoms with Gasteiger partial charge in [-0.2, -0.15) is 0 Å². The van der Waals surface area contributed by atoms with Gasteiger partial charge in [-0.05, 0) is 131 Å². The lowest BCUT2D eigenvalue weighted by atomic mass is 9.94. The van der Waals surface area contributed by atoms with E-state index >= 15 is 0 Å². The van der Waals surface area contributed by atoms with Gasteiger partial charge in [0.25, 0.3) is 0 Å². The zero-order valence-electron chi connectivity index (χ0n) is 34.8. The molecule has 3 aromatic carbocycles. The van der Waals surface area contributed by atoms with Crippen molar-refractivity contribution in [2.75, 3.05) is 20.7 Å². The summed E-state index contributed by atoms with van der Waals surface area (Å²) in [4.78, 5) is 4.48. The van der Waals surface area contributed by atoms with Crippen LogP contribution in [0.5, 0.6) is 5.75 Å². The number of nitrogens with one attached hydrogen (secondary N) is 2. The molecular weight excluding hydrogens is 708 g/mol. The first-order valence-corrected chi connectivity index (χ1v) is 21.1. The molecule has 0 spiro atoms. The lowest BCUT2D eigenvalue weighted by molar-refractivity contribution is 0.410. The molecule has 0 aliphatic rings. The van der Waals surface area contributed by atoms with Crippen LogP contribution in [0, 0.1) is 24.1 Å². The Morgan fingerprint density at radius 1 is 0.927 bits per heavy atom. The molecule has 0 aliphatic carbocycles. The van der Waals surface area contributed by atoms with E-state index in [0.717, 1.165) is 61.6 Å². The van der Waals surface area contributed by atoms with Crippen LogP contribution in [0.1, 0.15) is 97.1 Å². The predicted molar refractivity (Wildman–Crippen MR) is 234 cm³/mol. The lowest BCUT2D eigenvalue weighted by Gasteiger charge is -2.19. The van der Waals surface area contributed by atoms with Gasteiger partial charge in [0.05, 0.1) is 12.0 Å². The van der Waals surface area contributed by atoms with Gasteiger partial charge < -0.3 is 21.2 Å². The van der Waals surface area contributed by atoms with Crippen molar-refractivity contribution in [1.82, 2.24) is 10.3 Å². The van der Waals surface area contributed by atoms with Crippen molar-refractivity contribution in [3.05, 3.63) is 121 Å². The third-order valence-electron chi connectivity index (χ3n) is 8.89. The Kier molecular flexibility index (Phi) is 28.7. The Hall–Kier alpha value is -4.18. The molecule has 4 N–H and O–H groups in total. The van der Waals surface area contributed by atoms with E-state index < -0.39 is 9.84 Å². The van der Waals surface area contributed by atoms with Crippen molar-refractivity contribution >= 4 is 26.8 Å². The van der Waals surface area contributed by atoms with Crippen LogP contribution in [-0.4, -0.2) is 46.4 Å². The summed E-state index contributed by atoms with van der Waals surface area (Å²) in [6, 6.07) is 21.3. The maximum absolute atomic E-state index is 13.2. The van der Waals surface area contributed by atoms with Crippen LogP contribution in [-0.2, 0) is 16.3 Å². The Morgan fingerprint density at radius 2 is 1.58 bits per heavy atom. The number of hydrogen-bond acceptors (Lipinski definition) is 7. The Morgan fingerprint density at radius 3 is 2.05 bits per heavy atom. The summed E-state index contributed by atoms with van der Waals surface area (Å²) < 4.78 is 43.8. The molecule has 7 nitrogen and oxygen atoms in total. The monoisotopic (exact) mass is 777 g/mol. The van der Waals surface area contributed by atoms with Crippen LogP contribution in [0.15, 0.2) is 114 Å². The number of aromatic nitrogens is 1. The highest BCUT2D eigenvalue weighted by molar-refractivity contribution is 7.91. The number of aryl methyl sites for hydroxylation is 1. The Labute approximate surface area is 333 Å². The fourth-order valence-corrected chi connectivity index (χ4v) is 6.64. The average molecular weight is 777 g/mol.